The number of phenols is 1. The molecule has 0 spiro atoms. The Morgan fingerprint density at radius 1 is 0.846 bits per heavy atom. The fraction of sp³-hybridized carbons (Fsp3) is 0.310. The highest BCUT2D eigenvalue weighted by Gasteiger charge is 2.18. The van der Waals surface area contributed by atoms with Crippen LogP contribution in [0, 0.1) is 0 Å². The van der Waals surface area contributed by atoms with Gasteiger partial charge in [0, 0.05) is 50.1 Å². The average molecular weight is 555 g/mol. The Bertz CT molecular complexity index is 1240. The number of nitrogens with one attached hydrogen (secondary N) is 2. The van der Waals surface area contributed by atoms with Crippen LogP contribution >= 0.6 is 12.4 Å². The summed E-state index contributed by atoms with van der Waals surface area (Å²) < 4.78 is 10.3. The van der Waals surface area contributed by atoms with Crippen molar-refractivity contribution in [2.24, 2.45) is 0 Å². The van der Waals surface area contributed by atoms with Crippen LogP contribution in [0.1, 0.15) is 27.1 Å². The van der Waals surface area contributed by atoms with E-state index in [9.17, 15) is 14.7 Å². The molecule has 1 aliphatic heterocycles. The third-order valence-electron chi connectivity index (χ3n) is 6.58. The van der Waals surface area contributed by atoms with E-state index in [1.54, 1.807) is 62.8 Å². The molecule has 9 nitrogen and oxygen atoms in total. The lowest BCUT2D eigenvalue weighted by Gasteiger charge is -2.23. The standard InChI is InChI=1S/C29H34N4O5.ClH/c1-37-20-19-32-15-4-16-33(18-17-32)23-11-7-21(8-12-23)29(36)31-27-25(5-3-6-26(27)34)30-28(35)22-9-13-24(38-2)14-10-22;/h3,5-14,34H,4,15-20H2,1-2H3,(H,30,35)(H,31,36);1H. The molecule has 0 radical (unpaired) electrons. The number of methoxy groups -OCH3 is 2. The zero-order valence-corrected chi connectivity index (χ0v) is 23.0. The van der Waals surface area contributed by atoms with Gasteiger partial charge in [0.05, 0.1) is 19.4 Å². The Morgan fingerprint density at radius 3 is 2.18 bits per heavy atom. The average Bonchev–Trinajstić information content (AvgIpc) is 3.19. The van der Waals surface area contributed by atoms with E-state index in [-0.39, 0.29) is 35.7 Å². The van der Waals surface area contributed by atoms with E-state index in [0.29, 0.717) is 22.6 Å². The normalized spacial score (nSPS) is 13.6. The number of para-hydroxylation sites is 1. The molecular weight excluding hydrogens is 520 g/mol. The van der Waals surface area contributed by atoms with Crippen molar-refractivity contribution in [3.05, 3.63) is 77.9 Å². The number of carbonyl (C=O) groups is 2. The van der Waals surface area contributed by atoms with E-state index in [2.05, 4.69) is 20.4 Å². The largest absolute Gasteiger partial charge is 0.506 e. The molecule has 208 valence electrons. The molecule has 1 fully saturated rings. The van der Waals surface area contributed by atoms with Crippen molar-refractivity contribution in [2.45, 2.75) is 6.42 Å². The summed E-state index contributed by atoms with van der Waals surface area (Å²) >= 11 is 0. The van der Waals surface area contributed by atoms with Crippen molar-refractivity contribution >= 4 is 41.3 Å². The Hall–Kier alpha value is -3.79. The summed E-state index contributed by atoms with van der Waals surface area (Å²) in [4.78, 5) is 30.5. The number of benzene rings is 3. The highest BCUT2D eigenvalue weighted by Crippen LogP contribution is 2.32. The van der Waals surface area contributed by atoms with Gasteiger partial charge in [0.15, 0.2) is 0 Å². The topological polar surface area (TPSA) is 103 Å². The first-order valence-electron chi connectivity index (χ1n) is 12.6. The van der Waals surface area contributed by atoms with Crippen LogP contribution in [0.5, 0.6) is 11.5 Å². The minimum absolute atomic E-state index is 0. The van der Waals surface area contributed by atoms with Gasteiger partial charge in [-0.1, -0.05) is 6.07 Å². The van der Waals surface area contributed by atoms with Crippen LogP contribution in [0.15, 0.2) is 66.7 Å². The number of halogens is 1. The Kier molecular flexibility index (Phi) is 11.0. The molecule has 0 aliphatic carbocycles. The minimum Gasteiger partial charge on any atom is -0.506 e. The Morgan fingerprint density at radius 2 is 1.51 bits per heavy atom. The number of hydrogen-bond donors (Lipinski definition) is 3. The number of carbonyl (C=O) groups excluding carboxylic acids is 2. The van der Waals surface area contributed by atoms with Crippen LogP contribution < -0.4 is 20.3 Å². The number of aromatic hydroxyl groups is 1. The van der Waals surface area contributed by atoms with Crippen molar-refractivity contribution in [3.8, 4) is 11.5 Å². The lowest BCUT2D eigenvalue weighted by molar-refractivity contribution is 0.101. The third-order valence-corrected chi connectivity index (χ3v) is 6.58. The summed E-state index contributed by atoms with van der Waals surface area (Å²) in [6, 6.07) is 18.7. The summed E-state index contributed by atoms with van der Waals surface area (Å²) in [6.07, 6.45) is 1.06. The molecule has 0 bridgehead atoms. The fourth-order valence-corrected chi connectivity index (χ4v) is 4.39. The maximum Gasteiger partial charge on any atom is 0.255 e. The van der Waals surface area contributed by atoms with E-state index in [1.807, 2.05) is 12.1 Å². The molecule has 1 aliphatic rings. The van der Waals surface area contributed by atoms with Crippen molar-refractivity contribution < 1.29 is 24.2 Å². The van der Waals surface area contributed by atoms with Crippen molar-refractivity contribution in [1.82, 2.24) is 4.90 Å². The van der Waals surface area contributed by atoms with Crippen LogP contribution in [0.25, 0.3) is 0 Å². The monoisotopic (exact) mass is 554 g/mol. The van der Waals surface area contributed by atoms with Crippen LogP contribution in [0.2, 0.25) is 0 Å². The van der Waals surface area contributed by atoms with Gasteiger partial charge in [0.25, 0.3) is 11.8 Å². The fourth-order valence-electron chi connectivity index (χ4n) is 4.39. The molecule has 39 heavy (non-hydrogen) atoms. The van der Waals surface area contributed by atoms with Gasteiger partial charge >= 0.3 is 0 Å². The Balaban J connectivity index is 0.00000420. The molecule has 4 rings (SSSR count). The second-order valence-corrected chi connectivity index (χ2v) is 9.06. The predicted octanol–water partition coefficient (Wildman–Crippen LogP) is 4.49. The zero-order valence-electron chi connectivity index (χ0n) is 22.2. The molecule has 0 saturated carbocycles. The van der Waals surface area contributed by atoms with Gasteiger partial charge in [0.2, 0.25) is 0 Å². The highest BCUT2D eigenvalue weighted by molar-refractivity contribution is 6.11. The van der Waals surface area contributed by atoms with Gasteiger partial charge in [-0.2, -0.15) is 0 Å². The van der Waals surface area contributed by atoms with Gasteiger partial charge in [-0.05, 0) is 73.6 Å². The first-order valence-corrected chi connectivity index (χ1v) is 12.6. The smallest absolute Gasteiger partial charge is 0.255 e. The van der Waals surface area contributed by atoms with Crippen molar-refractivity contribution in [1.29, 1.82) is 0 Å². The first-order chi connectivity index (χ1) is 18.5. The van der Waals surface area contributed by atoms with Crippen LogP contribution in [0.3, 0.4) is 0 Å². The van der Waals surface area contributed by atoms with Gasteiger partial charge in [-0.15, -0.1) is 12.4 Å². The molecular formula is C29H35ClN4O5. The molecule has 3 N–H and O–H groups in total. The van der Waals surface area contributed by atoms with E-state index in [1.165, 1.54) is 6.07 Å². The number of hydrogen-bond acceptors (Lipinski definition) is 7. The molecule has 0 atom stereocenters. The number of rotatable bonds is 9. The summed E-state index contributed by atoms with van der Waals surface area (Å²) in [7, 11) is 3.28. The third kappa shape index (κ3) is 7.86. The van der Waals surface area contributed by atoms with Gasteiger partial charge in [-0.25, -0.2) is 0 Å². The number of anilines is 3. The maximum absolute atomic E-state index is 13.0. The van der Waals surface area contributed by atoms with Crippen LogP contribution in [-0.4, -0.2) is 75.4 Å². The lowest BCUT2D eigenvalue weighted by Crippen LogP contribution is -2.32. The minimum atomic E-state index is -0.389. The number of ether oxygens (including phenoxy) is 2. The zero-order chi connectivity index (χ0) is 26.9. The molecule has 3 aromatic carbocycles. The van der Waals surface area contributed by atoms with E-state index >= 15 is 0 Å². The van der Waals surface area contributed by atoms with Crippen molar-refractivity contribution in [3.63, 3.8) is 0 Å². The number of amides is 2. The maximum atomic E-state index is 13.0. The number of phenolic OH excluding ortho intramolecular Hbond substituents is 1. The summed E-state index contributed by atoms with van der Waals surface area (Å²) in [5.41, 5.74) is 2.34. The highest BCUT2D eigenvalue weighted by atomic mass is 35.5. The molecule has 10 heteroatoms. The number of nitrogens with zero attached hydrogens (tertiary/aromatic N) is 2. The van der Waals surface area contributed by atoms with Crippen molar-refractivity contribution in [2.75, 3.05) is 69.1 Å². The van der Waals surface area contributed by atoms with E-state index in [4.69, 9.17) is 9.47 Å². The summed E-state index contributed by atoms with van der Waals surface area (Å²) in [5.74, 6) is -0.279. The summed E-state index contributed by atoms with van der Waals surface area (Å²) in [6.45, 7) is 5.52. The van der Waals surface area contributed by atoms with Gasteiger partial charge < -0.3 is 30.1 Å². The molecule has 0 unspecified atom stereocenters. The molecule has 0 aromatic heterocycles. The summed E-state index contributed by atoms with van der Waals surface area (Å²) in [5, 5.41) is 16.0. The Labute approximate surface area is 235 Å². The SMILES string of the molecule is COCCN1CCCN(c2ccc(C(=O)Nc3c(O)cccc3NC(=O)c3ccc(OC)cc3)cc2)CC1.Cl. The molecule has 1 heterocycles. The van der Waals surface area contributed by atoms with Crippen LogP contribution in [0.4, 0.5) is 17.1 Å². The van der Waals surface area contributed by atoms with Gasteiger partial charge in [-0.3, -0.25) is 14.5 Å². The lowest BCUT2D eigenvalue weighted by atomic mass is 10.1. The first kappa shape index (κ1) is 29.8. The second-order valence-electron chi connectivity index (χ2n) is 9.06. The molecule has 2 amide bonds. The predicted molar refractivity (Wildman–Crippen MR) is 156 cm³/mol. The van der Waals surface area contributed by atoms with E-state index in [0.717, 1.165) is 51.4 Å². The molecule has 1 saturated heterocycles. The van der Waals surface area contributed by atoms with Gasteiger partial charge in [0.1, 0.15) is 17.2 Å². The second kappa shape index (κ2) is 14.4. The molecule has 3 aromatic rings. The van der Waals surface area contributed by atoms with Crippen LogP contribution in [-0.2, 0) is 4.74 Å². The van der Waals surface area contributed by atoms with E-state index < -0.39 is 0 Å². The quantitative estimate of drug-likeness (QED) is 0.335.